The molecule has 0 bridgehead atoms. The molecule has 0 aromatic carbocycles. The van der Waals surface area contributed by atoms with Crippen LogP contribution in [0.3, 0.4) is 0 Å². The van der Waals surface area contributed by atoms with Crippen molar-refractivity contribution >= 4 is 11.9 Å². The number of fused-ring (bicyclic) bond motifs is 10. The van der Waals surface area contributed by atoms with Crippen LogP contribution in [0.2, 0.25) is 0 Å². The maximum Gasteiger partial charge on any atom is 0.307 e. The van der Waals surface area contributed by atoms with Crippen molar-refractivity contribution in [3.8, 4) is 0 Å². The highest BCUT2D eigenvalue weighted by Gasteiger charge is 2.67. The molecule has 0 spiro atoms. The van der Waals surface area contributed by atoms with Crippen LogP contribution in [0.15, 0.2) is 0 Å². The predicted molar refractivity (Wildman–Crippen MR) is 239 cm³/mol. The number of aliphatic hydroxyl groups is 6. The van der Waals surface area contributed by atoms with Crippen LogP contribution in [0.4, 0.5) is 0 Å². The van der Waals surface area contributed by atoms with E-state index in [0.29, 0.717) is 37.5 Å². The van der Waals surface area contributed by atoms with Gasteiger partial charge in [0.15, 0.2) is 13.6 Å². The molecule has 0 saturated heterocycles. The maximum atomic E-state index is 12.7. The molecule has 366 valence electrons. The molecule has 0 radical (unpaired) electrons. The zero-order chi connectivity index (χ0) is 45.9. The lowest BCUT2D eigenvalue weighted by Gasteiger charge is -2.63. The highest BCUT2D eigenvalue weighted by Crippen LogP contribution is 2.70. The van der Waals surface area contributed by atoms with Crippen molar-refractivity contribution < 1.29 is 59.2 Å². The fourth-order valence-electron chi connectivity index (χ4n) is 18.0. The summed E-state index contributed by atoms with van der Waals surface area (Å²) < 4.78 is 21.7. The Labute approximate surface area is 383 Å². The van der Waals surface area contributed by atoms with E-state index in [9.17, 15) is 40.2 Å². The van der Waals surface area contributed by atoms with Crippen LogP contribution in [0, 0.1) is 92.7 Å². The standard InChI is InChI=1S/C52H86O12/c1-29(35-9-11-37-47-39(25-43(57)51(35,37)5)49(3)17-15-33(53)21-31(49)23-41(47)55)7-13-45(59)63-27-61-19-20-62-28-64-46(60)14-8-30(2)36-10-12-38-48-40(26-44(58)52(36,38)6)50(4)18-16-34(54)22-32(50)24-42(48)56/h29-44,47-48,53-58H,7-28H2,1-6H3. The van der Waals surface area contributed by atoms with Crippen LogP contribution < -0.4 is 0 Å². The van der Waals surface area contributed by atoms with Gasteiger partial charge in [0.25, 0.3) is 0 Å². The Balaban J connectivity index is 0.698. The number of ether oxygens (including phenoxy) is 4. The maximum absolute atomic E-state index is 12.7. The third kappa shape index (κ3) is 8.67. The molecule has 0 aliphatic heterocycles. The Morgan fingerprint density at radius 2 is 0.922 bits per heavy atom. The van der Waals surface area contributed by atoms with Crippen LogP contribution >= 0.6 is 0 Å². The normalized spacial score (nSPS) is 49.2. The Kier molecular flexibility index (Phi) is 14.7. The molecule has 0 amide bonds. The molecule has 6 N–H and O–H groups in total. The van der Waals surface area contributed by atoms with E-state index in [4.69, 9.17) is 18.9 Å². The first-order valence-electron chi connectivity index (χ1n) is 25.9. The lowest BCUT2D eigenvalue weighted by molar-refractivity contribution is -0.207. The highest BCUT2D eigenvalue weighted by molar-refractivity contribution is 5.69. The second-order valence-electron chi connectivity index (χ2n) is 24.2. The number of esters is 2. The smallest absolute Gasteiger partial charge is 0.307 e. The van der Waals surface area contributed by atoms with E-state index in [-0.39, 0.29) is 145 Å². The van der Waals surface area contributed by atoms with E-state index in [2.05, 4.69) is 41.5 Å². The van der Waals surface area contributed by atoms with Crippen molar-refractivity contribution in [1.29, 1.82) is 0 Å². The molecule has 12 nitrogen and oxygen atoms in total. The number of hydrogen-bond donors (Lipinski definition) is 6. The molecule has 8 aliphatic carbocycles. The molecule has 8 aliphatic rings. The Morgan fingerprint density at radius 1 is 0.531 bits per heavy atom. The first-order chi connectivity index (χ1) is 30.3. The Bertz CT molecular complexity index is 1510. The summed E-state index contributed by atoms with van der Waals surface area (Å²) in [5, 5.41) is 67.7. The molecule has 8 saturated carbocycles. The van der Waals surface area contributed by atoms with Crippen molar-refractivity contribution in [1.82, 2.24) is 0 Å². The van der Waals surface area contributed by atoms with Crippen molar-refractivity contribution in [3.63, 3.8) is 0 Å². The van der Waals surface area contributed by atoms with Crippen LogP contribution in [0.1, 0.15) is 157 Å². The Morgan fingerprint density at radius 3 is 1.31 bits per heavy atom. The van der Waals surface area contributed by atoms with Gasteiger partial charge in [0.2, 0.25) is 0 Å². The van der Waals surface area contributed by atoms with Crippen molar-refractivity contribution in [2.75, 3.05) is 26.8 Å². The molecule has 22 unspecified atom stereocenters. The molecule has 64 heavy (non-hydrogen) atoms. The number of rotatable bonds is 15. The van der Waals surface area contributed by atoms with Gasteiger partial charge in [-0.05, 0) is 195 Å². The van der Waals surface area contributed by atoms with E-state index in [1.165, 1.54) is 0 Å². The molecule has 8 rings (SSSR count). The van der Waals surface area contributed by atoms with Gasteiger partial charge in [0.1, 0.15) is 0 Å². The van der Waals surface area contributed by atoms with Gasteiger partial charge in [-0.25, -0.2) is 0 Å². The quantitative estimate of drug-likeness (QED) is 0.0575. The SMILES string of the molecule is CC(CCC(=O)OCOCCOCOC(=O)CCC(C)C1CCC2C3C(O)CC4CC(O)CCC4(C)C3CC(O)C12C)C1CCC2C3C(O)CC4CC(O)CCC4(C)C3CC(O)C12C. The van der Waals surface area contributed by atoms with Gasteiger partial charge >= 0.3 is 11.9 Å². The van der Waals surface area contributed by atoms with Crippen molar-refractivity contribution in [3.05, 3.63) is 0 Å². The van der Waals surface area contributed by atoms with E-state index in [1.807, 2.05) is 0 Å². The molecule has 0 aromatic heterocycles. The molecule has 8 fully saturated rings. The largest absolute Gasteiger partial charge is 0.438 e. The topological polar surface area (TPSA) is 192 Å². The Hall–Kier alpha value is -1.38. The average Bonchev–Trinajstić information content (AvgIpc) is 3.80. The monoisotopic (exact) mass is 903 g/mol. The van der Waals surface area contributed by atoms with Crippen LogP contribution in [-0.2, 0) is 28.5 Å². The van der Waals surface area contributed by atoms with Gasteiger partial charge < -0.3 is 49.6 Å². The molecule has 0 aromatic rings. The van der Waals surface area contributed by atoms with Gasteiger partial charge in [-0.3, -0.25) is 9.59 Å². The summed E-state index contributed by atoms with van der Waals surface area (Å²) >= 11 is 0. The fourth-order valence-corrected chi connectivity index (χ4v) is 18.0. The summed E-state index contributed by atoms with van der Waals surface area (Å²) in [6, 6.07) is 0. The van der Waals surface area contributed by atoms with Gasteiger partial charge in [-0.15, -0.1) is 0 Å². The van der Waals surface area contributed by atoms with Crippen LogP contribution in [0.5, 0.6) is 0 Å². The lowest BCUT2D eigenvalue weighted by atomic mass is 9.43. The number of hydrogen-bond acceptors (Lipinski definition) is 12. The summed E-state index contributed by atoms with van der Waals surface area (Å²) in [4.78, 5) is 25.5. The van der Waals surface area contributed by atoms with Crippen LogP contribution in [0.25, 0.3) is 0 Å². The second kappa shape index (κ2) is 19.2. The summed E-state index contributed by atoms with van der Waals surface area (Å²) in [6.45, 7) is 13.5. The van der Waals surface area contributed by atoms with E-state index >= 15 is 0 Å². The second-order valence-corrected chi connectivity index (χ2v) is 24.2. The zero-order valence-electron chi connectivity index (χ0n) is 40.1. The summed E-state index contributed by atoms with van der Waals surface area (Å²) in [6.07, 6.45) is 11.3. The minimum atomic E-state index is -0.460. The summed E-state index contributed by atoms with van der Waals surface area (Å²) in [5.74, 6) is 2.16. The first-order valence-corrected chi connectivity index (χ1v) is 25.9. The number of aliphatic hydroxyl groups excluding tert-OH is 6. The van der Waals surface area contributed by atoms with Gasteiger partial charge in [-0.2, -0.15) is 0 Å². The highest BCUT2D eigenvalue weighted by atomic mass is 16.7. The zero-order valence-corrected chi connectivity index (χ0v) is 40.1. The molecule has 12 heteroatoms. The lowest BCUT2D eigenvalue weighted by Crippen LogP contribution is -2.62. The molecule has 0 heterocycles. The van der Waals surface area contributed by atoms with E-state index in [1.54, 1.807) is 0 Å². The molecule has 22 atom stereocenters. The molecular weight excluding hydrogens is 817 g/mol. The first kappa shape index (κ1) is 49.1. The van der Waals surface area contributed by atoms with Crippen molar-refractivity contribution in [2.45, 2.75) is 194 Å². The number of carbonyl (C=O) groups excluding carboxylic acids is 2. The summed E-state index contributed by atoms with van der Waals surface area (Å²) in [7, 11) is 0. The van der Waals surface area contributed by atoms with E-state index < -0.39 is 24.4 Å². The minimum absolute atomic E-state index is 0.0408. The minimum Gasteiger partial charge on any atom is -0.438 e. The third-order valence-corrected chi connectivity index (χ3v) is 21.6. The number of carbonyl (C=O) groups is 2. The predicted octanol–water partition coefficient (Wildman–Crippen LogP) is 6.78. The van der Waals surface area contributed by atoms with Gasteiger partial charge in [0.05, 0.1) is 49.8 Å². The van der Waals surface area contributed by atoms with Crippen molar-refractivity contribution in [2.24, 2.45) is 92.7 Å². The fraction of sp³-hybridized carbons (Fsp3) is 0.962. The third-order valence-electron chi connectivity index (χ3n) is 21.6. The van der Waals surface area contributed by atoms with Gasteiger partial charge in [-0.1, -0.05) is 41.5 Å². The van der Waals surface area contributed by atoms with E-state index in [0.717, 1.165) is 77.0 Å². The van der Waals surface area contributed by atoms with Gasteiger partial charge in [0, 0.05) is 12.8 Å². The average molecular weight is 903 g/mol. The molecular formula is C52H86O12. The summed E-state index contributed by atoms with van der Waals surface area (Å²) in [5.41, 5.74) is -0.544. The van der Waals surface area contributed by atoms with Crippen LogP contribution in [-0.4, -0.2) is 106 Å².